The molecule has 19 heavy (non-hydrogen) atoms. The Labute approximate surface area is 110 Å². The number of hydrogen-bond donors (Lipinski definition) is 2. The molecule has 1 fully saturated rings. The summed E-state index contributed by atoms with van der Waals surface area (Å²) in [7, 11) is 0. The van der Waals surface area contributed by atoms with Crippen LogP contribution in [0.5, 0.6) is 0 Å². The van der Waals surface area contributed by atoms with Crippen LogP contribution >= 0.6 is 0 Å². The van der Waals surface area contributed by atoms with Crippen molar-refractivity contribution in [2.75, 3.05) is 43.5 Å². The van der Waals surface area contributed by atoms with Gasteiger partial charge in [0.05, 0.1) is 25.9 Å². The second kappa shape index (κ2) is 6.63. The van der Waals surface area contributed by atoms with Crippen molar-refractivity contribution in [3.8, 4) is 0 Å². The van der Waals surface area contributed by atoms with E-state index in [0.29, 0.717) is 32.9 Å². The number of halogens is 2. The maximum Gasteiger partial charge on any atom is 0.168 e. The van der Waals surface area contributed by atoms with Crippen LogP contribution in [0.4, 0.5) is 20.4 Å². The number of aromatic nitrogens is 1. The van der Waals surface area contributed by atoms with Gasteiger partial charge in [-0.15, -0.1) is 0 Å². The Hall–Kier alpha value is -1.47. The van der Waals surface area contributed by atoms with Gasteiger partial charge in [0.15, 0.2) is 23.3 Å². The SMILES string of the molecule is CCNc1nc(NCC2COCCO2)c(F)cc1F. The van der Waals surface area contributed by atoms with Gasteiger partial charge in [-0.25, -0.2) is 13.8 Å². The fraction of sp³-hybridized carbons (Fsp3) is 0.583. The minimum Gasteiger partial charge on any atom is -0.376 e. The molecule has 5 nitrogen and oxygen atoms in total. The van der Waals surface area contributed by atoms with Gasteiger partial charge in [-0.3, -0.25) is 0 Å². The number of nitrogens with one attached hydrogen (secondary N) is 2. The molecular weight excluding hydrogens is 256 g/mol. The Morgan fingerprint density at radius 2 is 2.00 bits per heavy atom. The van der Waals surface area contributed by atoms with E-state index in [9.17, 15) is 8.78 Å². The lowest BCUT2D eigenvalue weighted by Gasteiger charge is -2.23. The highest BCUT2D eigenvalue weighted by Crippen LogP contribution is 2.19. The monoisotopic (exact) mass is 273 g/mol. The zero-order valence-electron chi connectivity index (χ0n) is 10.7. The predicted molar refractivity (Wildman–Crippen MR) is 67.4 cm³/mol. The molecule has 1 aromatic rings. The molecule has 0 aromatic carbocycles. The first-order chi connectivity index (χ1) is 9.20. The highest BCUT2D eigenvalue weighted by molar-refractivity contribution is 5.47. The third-order valence-electron chi connectivity index (χ3n) is 2.66. The van der Waals surface area contributed by atoms with Crippen LogP contribution in [0.15, 0.2) is 6.07 Å². The standard InChI is InChI=1S/C12H17F2N3O2/c1-2-15-11-9(13)5-10(14)12(17-11)16-6-8-7-18-3-4-19-8/h5,8H,2-4,6-7H2,1H3,(H2,15,16,17). The van der Waals surface area contributed by atoms with E-state index < -0.39 is 11.6 Å². The van der Waals surface area contributed by atoms with E-state index in [4.69, 9.17) is 9.47 Å². The minimum atomic E-state index is -0.726. The number of hydrogen-bond acceptors (Lipinski definition) is 5. The molecule has 1 saturated heterocycles. The van der Waals surface area contributed by atoms with E-state index in [0.717, 1.165) is 6.07 Å². The van der Waals surface area contributed by atoms with Crippen molar-refractivity contribution in [2.45, 2.75) is 13.0 Å². The molecule has 1 unspecified atom stereocenters. The Morgan fingerprint density at radius 1 is 1.26 bits per heavy atom. The van der Waals surface area contributed by atoms with E-state index >= 15 is 0 Å². The van der Waals surface area contributed by atoms with Crippen molar-refractivity contribution >= 4 is 11.6 Å². The lowest BCUT2D eigenvalue weighted by Crippen LogP contribution is -2.34. The van der Waals surface area contributed by atoms with Gasteiger partial charge in [0.2, 0.25) is 0 Å². The van der Waals surface area contributed by atoms with Gasteiger partial charge in [0, 0.05) is 19.2 Å². The van der Waals surface area contributed by atoms with E-state index in [1.165, 1.54) is 0 Å². The molecule has 2 N–H and O–H groups in total. The van der Waals surface area contributed by atoms with Crippen LogP contribution in [-0.2, 0) is 9.47 Å². The molecule has 1 atom stereocenters. The maximum atomic E-state index is 13.6. The molecule has 0 spiro atoms. The lowest BCUT2D eigenvalue weighted by molar-refractivity contribution is -0.0819. The molecule has 0 aliphatic carbocycles. The quantitative estimate of drug-likeness (QED) is 0.854. The van der Waals surface area contributed by atoms with Crippen molar-refractivity contribution in [3.05, 3.63) is 17.7 Å². The largest absolute Gasteiger partial charge is 0.376 e. The molecule has 0 amide bonds. The van der Waals surface area contributed by atoms with Gasteiger partial charge in [-0.2, -0.15) is 0 Å². The third-order valence-corrected chi connectivity index (χ3v) is 2.66. The molecule has 2 rings (SSSR count). The topological polar surface area (TPSA) is 55.4 Å². The van der Waals surface area contributed by atoms with E-state index in [-0.39, 0.29) is 17.7 Å². The molecule has 1 aliphatic heterocycles. The average molecular weight is 273 g/mol. The molecule has 0 bridgehead atoms. The third kappa shape index (κ3) is 3.74. The number of pyridine rings is 1. The molecule has 7 heteroatoms. The highest BCUT2D eigenvalue weighted by Gasteiger charge is 2.16. The van der Waals surface area contributed by atoms with Gasteiger partial charge < -0.3 is 20.1 Å². The van der Waals surface area contributed by atoms with Crippen LogP contribution in [0.25, 0.3) is 0 Å². The summed E-state index contributed by atoms with van der Waals surface area (Å²) in [6, 6.07) is 0.811. The average Bonchev–Trinajstić information content (AvgIpc) is 2.42. The van der Waals surface area contributed by atoms with Gasteiger partial charge in [0.25, 0.3) is 0 Å². The summed E-state index contributed by atoms with van der Waals surface area (Å²) in [4.78, 5) is 3.88. The normalized spacial score (nSPS) is 19.2. The van der Waals surface area contributed by atoms with E-state index in [2.05, 4.69) is 15.6 Å². The fourth-order valence-corrected chi connectivity index (χ4v) is 1.75. The molecule has 1 aromatic heterocycles. The van der Waals surface area contributed by atoms with Crippen LogP contribution in [0, 0.1) is 11.6 Å². The first kappa shape index (κ1) is 14.0. The first-order valence-corrected chi connectivity index (χ1v) is 6.23. The minimum absolute atomic E-state index is 0.00604. The van der Waals surface area contributed by atoms with E-state index in [1.807, 2.05) is 6.92 Å². The molecule has 106 valence electrons. The van der Waals surface area contributed by atoms with Gasteiger partial charge >= 0.3 is 0 Å². The lowest BCUT2D eigenvalue weighted by atomic mass is 10.3. The predicted octanol–water partition coefficient (Wildman–Crippen LogP) is 1.62. The van der Waals surface area contributed by atoms with Crippen LogP contribution in [0.2, 0.25) is 0 Å². The summed E-state index contributed by atoms with van der Waals surface area (Å²) >= 11 is 0. The Kier molecular flexibility index (Phi) is 4.86. The molecular formula is C12H17F2N3O2. The maximum absolute atomic E-state index is 13.6. The Bertz CT molecular complexity index is 426. The second-order valence-corrected chi connectivity index (χ2v) is 4.13. The summed E-state index contributed by atoms with van der Waals surface area (Å²) in [5.41, 5.74) is 0. The molecule has 1 aliphatic rings. The zero-order chi connectivity index (χ0) is 13.7. The van der Waals surface area contributed by atoms with Gasteiger partial charge in [-0.1, -0.05) is 0 Å². The van der Waals surface area contributed by atoms with Crippen LogP contribution in [0.1, 0.15) is 6.92 Å². The number of rotatable bonds is 5. The van der Waals surface area contributed by atoms with Crippen LogP contribution in [0.3, 0.4) is 0 Å². The molecule has 0 saturated carbocycles. The van der Waals surface area contributed by atoms with Gasteiger partial charge in [-0.05, 0) is 6.92 Å². The summed E-state index contributed by atoms with van der Waals surface area (Å²) in [6.07, 6.45) is -0.150. The number of anilines is 2. The van der Waals surface area contributed by atoms with Crippen LogP contribution in [-0.4, -0.2) is 44.0 Å². The Morgan fingerprint density at radius 3 is 2.63 bits per heavy atom. The smallest absolute Gasteiger partial charge is 0.168 e. The van der Waals surface area contributed by atoms with Gasteiger partial charge in [0.1, 0.15) is 0 Å². The summed E-state index contributed by atoms with van der Waals surface area (Å²) < 4.78 is 37.6. The highest BCUT2D eigenvalue weighted by atomic mass is 19.1. The van der Waals surface area contributed by atoms with E-state index in [1.54, 1.807) is 0 Å². The number of nitrogens with zero attached hydrogens (tertiary/aromatic N) is 1. The zero-order valence-corrected chi connectivity index (χ0v) is 10.7. The summed E-state index contributed by atoms with van der Waals surface area (Å²) in [6.45, 7) is 4.23. The number of ether oxygens (including phenoxy) is 2. The summed E-state index contributed by atoms with van der Waals surface area (Å²) in [5.74, 6) is -1.39. The van der Waals surface area contributed by atoms with Crippen molar-refractivity contribution in [1.29, 1.82) is 0 Å². The van der Waals surface area contributed by atoms with Crippen LogP contribution < -0.4 is 10.6 Å². The van der Waals surface area contributed by atoms with Crippen molar-refractivity contribution < 1.29 is 18.3 Å². The van der Waals surface area contributed by atoms with Crippen molar-refractivity contribution in [3.63, 3.8) is 0 Å². The second-order valence-electron chi connectivity index (χ2n) is 4.13. The fourth-order valence-electron chi connectivity index (χ4n) is 1.75. The summed E-state index contributed by atoms with van der Waals surface area (Å²) in [5, 5.41) is 5.54. The first-order valence-electron chi connectivity index (χ1n) is 6.23. The molecule has 2 heterocycles. The Balaban J connectivity index is 2.00. The van der Waals surface area contributed by atoms with Crippen molar-refractivity contribution in [2.24, 2.45) is 0 Å². The van der Waals surface area contributed by atoms with Crippen molar-refractivity contribution in [1.82, 2.24) is 4.98 Å². The molecule has 0 radical (unpaired) electrons.